The molecule has 1 N–H and O–H groups in total. The van der Waals surface area contributed by atoms with Gasteiger partial charge in [-0.25, -0.2) is 4.52 Å². The van der Waals surface area contributed by atoms with E-state index < -0.39 is 0 Å². The zero-order valence-corrected chi connectivity index (χ0v) is 20.8. The molecule has 0 aliphatic rings. The summed E-state index contributed by atoms with van der Waals surface area (Å²) in [5, 5.41) is 17.1. The van der Waals surface area contributed by atoms with Gasteiger partial charge in [0, 0.05) is 29.4 Å². The molecule has 9 heteroatoms. The molecule has 0 radical (unpaired) electrons. The van der Waals surface area contributed by atoms with E-state index in [0.29, 0.717) is 17.3 Å². The first-order valence-electron chi connectivity index (χ1n) is 10.8. The molecular formula is C25H24N6OS2. The fourth-order valence-electron chi connectivity index (χ4n) is 3.76. The third-order valence-corrected chi connectivity index (χ3v) is 7.32. The summed E-state index contributed by atoms with van der Waals surface area (Å²) in [5.41, 5.74) is 7.03. The summed E-state index contributed by atoms with van der Waals surface area (Å²) < 4.78 is 3.73. The fraction of sp³-hybridized carbons (Fsp3) is 0.200. The van der Waals surface area contributed by atoms with E-state index in [2.05, 4.69) is 59.7 Å². The van der Waals surface area contributed by atoms with Gasteiger partial charge in [0.2, 0.25) is 5.91 Å². The maximum absolute atomic E-state index is 12.4. The van der Waals surface area contributed by atoms with E-state index in [1.54, 1.807) is 11.8 Å². The average molecular weight is 489 g/mol. The predicted octanol–water partition coefficient (Wildman–Crippen LogP) is 4.79. The number of nitrogens with one attached hydrogen (secondary N) is 1. The van der Waals surface area contributed by atoms with E-state index in [9.17, 15) is 4.79 Å². The van der Waals surface area contributed by atoms with E-state index in [0.717, 1.165) is 22.3 Å². The lowest BCUT2D eigenvalue weighted by atomic mass is 10.0. The topological polar surface area (TPSA) is 76.6 Å². The van der Waals surface area contributed by atoms with Crippen molar-refractivity contribution in [1.82, 2.24) is 29.5 Å². The second-order valence-electron chi connectivity index (χ2n) is 8.07. The third-order valence-electron chi connectivity index (χ3n) is 5.64. The molecule has 1 amide bonds. The first-order chi connectivity index (χ1) is 16.5. The third kappa shape index (κ3) is 4.53. The minimum Gasteiger partial charge on any atom is -0.351 e. The minimum absolute atomic E-state index is 0.0432. The van der Waals surface area contributed by atoms with Crippen molar-refractivity contribution in [3.8, 4) is 11.3 Å². The molecule has 0 aliphatic heterocycles. The van der Waals surface area contributed by atoms with E-state index in [1.807, 2.05) is 45.8 Å². The van der Waals surface area contributed by atoms with Crippen molar-refractivity contribution in [1.29, 1.82) is 0 Å². The van der Waals surface area contributed by atoms with Crippen molar-refractivity contribution in [2.24, 2.45) is 0 Å². The van der Waals surface area contributed by atoms with Gasteiger partial charge in [-0.3, -0.25) is 9.20 Å². The van der Waals surface area contributed by atoms with E-state index in [4.69, 9.17) is 5.10 Å². The Labute approximate surface area is 206 Å². The number of thioether (sulfide) groups is 2. The second kappa shape index (κ2) is 9.52. The Hall–Kier alpha value is -3.30. The maximum atomic E-state index is 12.4. The van der Waals surface area contributed by atoms with Crippen molar-refractivity contribution in [3.63, 3.8) is 0 Å². The molecule has 0 aliphatic carbocycles. The smallest absolute Gasteiger partial charge is 0.230 e. The maximum Gasteiger partial charge on any atom is 0.230 e. The van der Waals surface area contributed by atoms with Gasteiger partial charge < -0.3 is 5.32 Å². The highest BCUT2D eigenvalue weighted by atomic mass is 32.2. The van der Waals surface area contributed by atoms with Crippen LogP contribution in [0.4, 0.5) is 0 Å². The lowest BCUT2D eigenvalue weighted by molar-refractivity contribution is -0.118. The molecule has 0 saturated heterocycles. The highest BCUT2D eigenvalue weighted by molar-refractivity contribution is 7.99. The second-order valence-corrected chi connectivity index (χ2v) is 9.89. The van der Waals surface area contributed by atoms with Gasteiger partial charge >= 0.3 is 0 Å². The number of hydrogen-bond donors (Lipinski definition) is 1. The number of rotatable bonds is 7. The lowest BCUT2D eigenvalue weighted by Crippen LogP contribution is -2.24. The lowest BCUT2D eigenvalue weighted by Gasteiger charge is -2.06. The summed E-state index contributed by atoms with van der Waals surface area (Å²) in [5.74, 6) is 0.223. The molecule has 0 fully saturated rings. The first-order valence-corrected chi connectivity index (χ1v) is 13.1. The number of amides is 1. The largest absolute Gasteiger partial charge is 0.351 e. The van der Waals surface area contributed by atoms with Crippen LogP contribution in [-0.4, -0.2) is 42.1 Å². The normalized spacial score (nSPS) is 11.4. The molecule has 172 valence electrons. The van der Waals surface area contributed by atoms with Crippen LogP contribution in [0.25, 0.3) is 22.4 Å². The monoisotopic (exact) mass is 488 g/mol. The van der Waals surface area contributed by atoms with Gasteiger partial charge in [0.15, 0.2) is 10.8 Å². The van der Waals surface area contributed by atoms with Gasteiger partial charge in [0.05, 0.1) is 11.4 Å². The average Bonchev–Trinajstić information content (AvgIpc) is 3.47. The van der Waals surface area contributed by atoms with Gasteiger partial charge in [-0.1, -0.05) is 41.6 Å². The van der Waals surface area contributed by atoms with Crippen LogP contribution in [0, 0.1) is 13.8 Å². The van der Waals surface area contributed by atoms with Crippen molar-refractivity contribution in [2.45, 2.75) is 30.4 Å². The van der Waals surface area contributed by atoms with Crippen LogP contribution in [-0.2, 0) is 11.3 Å². The standard InChI is InChI=1S/C25H24N6OS2/c1-16-4-5-17(2)20(12-16)21-13-22-24-27-28-25(30(24)10-11-31(22)29-21)34-15-23(32)26-14-18-6-8-19(33-3)9-7-18/h4-13H,14-15H2,1-3H3,(H,26,32). The molecule has 0 saturated carbocycles. The Morgan fingerprint density at radius 2 is 1.85 bits per heavy atom. The Balaban J connectivity index is 1.30. The van der Waals surface area contributed by atoms with Crippen LogP contribution >= 0.6 is 23.5 Å². The number of fused-ring (bicyclic) bond motifs is 3. The number of carbonyl (C=O) groups excluding carboxylic acids is 1. The van der Waals surface area contributed by atoms with E-state index in [1.165, 1.54) is 27.8 Å². The molecule has 3 aromatic heterocycles. The van der Waals surface area contributed by atoms with Gasteiger partial charge in [-0.05, 0) is 55.5 Å². The SMILES string of the molecule is CSc1ccc(CNC(=O)CSc2nnc3c4cc(-c5cc(C)ccc5C)nn4ccn23)cc1. The Morgan fingerprint density at radius 1 is 1.03 bits per heavy atom. The summed E-state index contributed by atoms with van der Waals surface area (Å²) in [7, 11) is 0. The molecular weight excluding hydrogens is 464 g/mol. The zero-order valence-electron chi connectivity index (χ0n) is 19.1. The van der Waals surface area contributed by atoms with Crippen LogP contribution in [0.5, 0.6) is 0 Å². The zero-order chi connectivity index (χ0) is 23.7. The molecule has 5 rings (SSSR count). The van der Waals surface area contributed by atoms with Crippen LogP contribution in [0.3, 0.4) is 0 Å². The molecule has 0 atom stereocenters. The number of hydrogen-bond acceptors (Lipinski definition) is 6. The van der Waals surface area contributed by atoms with Crippen LogP contribution < -0.4 is 5.32 Å². The number of nitrogens with zero attached hydrogens (tertiary/aromatic N) is 5. The molecule has 0 bridgehead atoms. The molecule has 5 aromatic rings. The van der Waals surface area contributed by atoms with Gasteiger partial charge in [-0.2, -0.15) is 5.10 Å². The van der Waals surface area contributed by atoms with Crippen LogP contribution in [0.2, 0.25) is 0 Å². The Morgan fingerprint density at radius 3 is 2.65 bits per heavy atom. The van der Waals surface area contributed by atoms with Crippen molar-refractivity contribution < 1.29 is 4.79 Å². The molecule has 0 unspecified atom stereocenters. The molecule has 2 aromatic carbocycles. The van der Waals surface area contributed by atoms with Crippen molar-refractivity contribution >= 4 is 40.6 Å². The first kappa shape index (κ1) is 22.5. The number of aryl methyl sites for hydroxylation is 2. The summed E-state index contributed by atoms with van der Waals surface area (Å²) in [6, 6.07) is 16.6. The highest BCUT2D eigenvalue weighted by Crippen LogP contribution is 2.27. The quantitative estimate of drug-likeness (QED) is 0.332. The van der Waals surface area contributed by atoms with Gasteiger partial charge in [0.1, 0.15) is 5.52 Å². The summed E-state index contributed by atoms with van der Waals surface area (Å²) >= 11 is 3.07. The van der Waals surface area contributed by atoms with Gasteiger partial charge in [0.25, 0.3) is 0 Å². The van der Waals surface area contributed by atoms with Crippen molar-refractivity contribution in [3.05, 3.63) is 77.6 Å². The summed E-state index contributed by atoms with van der Waals surface area (Å²) in [4.78, 5) is 13.6. The highest BCUT2D eigenvalue weighted by Gasteiger charge is 2.15. The minimum atomic E-state index is -0.0432. The molecule has 7 nitrogen and oxygen atoms in total. The molecule has 34 heavy (non-hydrogen) atoms. The Bertz CT molecular complexity index is 1490. The summed E-state index contributed by atoms with van der Waals surface area (Å²) in [6.45, 7) is 4.67. The molecule has 0 spiro atoms. The fourth-order valence-corrected chi connectivity index (χ4v) is 4.91. The summed E-state index contributed by atoms with van der Waals surface area (Å²) in [6.07, 6.45) is 5.82. The van der Waals surface area contributed by atoms with E-state index >= 15 is 0 Å². The number of aromatic nitrogens is 5. The predicted molar refractivity (Wildman–Crippen MR) is 137 cm³/mol. The number of carbonyl (C=O) groups is 1. The van der Waals surface area contributed by atoms with Crippen LogP contribution in [0.1, 0.15) is 16.7 Å². The molecule has 3 heterocycles. The van der Waals surface area contributed by atoms with Gasteiger partial charge in [-0.15, -0.1) is 22.0 Å². The number of benzene rings is 2. The van der Waals surface area contributed by atoms with Crippen molar-refractivity contribution in [2.75, 3.05) is 12.0 Å². The Kier molecular flexibility index (Phi) is 6.30. The van der Waals surface area contributed by atoms with E-state index in [-0.39, 0.29) is 11.7 Å². The van der Waals surface area contributed by atoms with Crippen LogP contribution in [0.15, 0.2) is 71.0 Å².